The van der Waals surface area contributed by atoms with Crippen LogP contribution in [0.15, 0.2) is 0 Å². The van der Waals surface area contributed by atoms with Gasteiger partial charge in [0.05, 0.1) is 24.8 Å². The fourth-order valence-corrected chi connectivity index (χ4v) is 4.34. The molecule has 3 heterocycles. The summed E-state index contributed by atoms with van der Waals surface area (Å²) in [5.74, 6) is 0.147. The number of nitrogens with zero attached hydrogens (tertiary/aromatic N) is 2. The van der Waals surface area contributed by atoms with E-state index < -0.39 is 0 Å². The lowest BCUT2D eigenvalue weighted by Crippen LogP contribution is -2.59. The number of amides is 2. The van der Waals surface area contributed by atoms with Crippen molar-refractivity contribution >= 4 is 11.8 Å². The van der Waals surface area contributed by atoms with Gasteiger partial charge in [0.15, 0.2) is 0 Å². The predicted octanol–water partition coefficient (Wildman–Crippen LogP) is -0.315. The smallest absolute Gasteiger partial charge is 0.241 e. The van der Waals surface area contributed by atoms with Crippen LogP contribution in [0.2, 0.25) is 0 Å². The molecule has 3 aliphatic heterocycles. The number of aliphatic hydroxyl groups excluding tert-OH is 1. The second-order valence-corrected chi connectivity index (χ2v) is 7.82. The highest BCUT2D eigenvalue weighted by Gasteiger charge is 2.51. The van der Waals surface area contributed by atoms with Crippen molar-refractivity contribution in [3.8, 4) is 0 Å². The molecule has 1 saturated carbocycles. The number of nitrogens with one attached hydrogen (secondary N) is 1. The second-order valence-electron chi connectivity index (χ2n) is 7.82. The first kappa shape index (κ1) is 16.3. The summed E-state index contributed by atoms with van der Waals surface area (Å²) in [6.07, 6.45) is 3.59. The Labute approximate surface area is 142 Å². The van der Waals surface area contributed by atoms with Crippen LogP contribution in [0.3, 0.4) is 0 Å². The fourth-order valence-electron chi connectivity index (χ4n) is 4.34. The minimum atomic E-state index is -0.370. The van der Waals surface area contributed by atoms with E-state index in [1.807, 2.05) is 11.8 Å². The number of carbonyl (C=O) groups is 2. The van der Waals surface area contributed by atoms with Crippen LogP contribution >= 0.6 is 0 Å². The summed E-state index contributed by atoms with van der Waals surface area (Å²) >= 11 is 0. The minimum absolute atomic E-state index is 0.0134. The van der Waals surface area contributed by atoms with E-state index in [1.165, 1.54) is 0 Å². The van der Waals surface area contributed by atoms with Crippen LogP contribution in [-0.2, 0) is 14.3 Å². The highest BCUT2D eigenvalue weighted by atomic mass is 16.5. The number of likely N-dealkylation sites (tertiary alicyclic amines) is 1. The minimum Gasteiger partial charge on any atom is -0.391 e. The van der Waals surface area contributed by atoms with Gasteiger partial charge < -0.3 is 25.0 Å². The van der Waals surface area contributed by atoms with Crippen LogP contribution in [-0.4, -0.2) is 77.4 Å². The number of piperidine rings is 1. The first-order valence-corrected chi connectivity index (χ1v) is 9.13. The Hall–Kier alpha value is -1.18. The average Bonchev–Trinajstić information content (AvgIpc) is 3.23. The number of piperazine rings is 1. The normalized spacial score (nSPS) is 37.7. The molecule has 0 bridgehead atoms. The molecule has 0 radical (unpaired) electrons. The number of rotatable bonds is 3. The lowest BCUT2D eigenvalue weighted by Gasteiger charge is -2.37. The maximum atomic E-state index is 12.5. The van der Waals surface area contributed by atoms with Gasteiger partial charge in [-0.05, 0) is 38.0 Å². The van der Waals surface area contributed by atoms with Crippen molar-refractivity contribution in [1.82, 2.24) is 15.1 Å². The summed E-state index contributed by atoms with van der Waals surface area (Å²) in [7, 11) is 0. The van der Waals surface area contributed by atoms with E-state index in [0.29, 0.717) is 32.5 Å². The first-order chi connectivity index (χ1) is 11.5. The van der Waals surface area contributed by atoms with Crippen LogP contribution in [0.25, 0.3) is 0 Å². The van der Waals surface area contributed by atoms with E-state index in [0.717, 1.165) is 25.8 Å². The number of hydrogen-bond donors (Lipinski definition) is 2. The van der Waals surface area contributed by atoms with E-state index >= 15 is 0 Å². The Morgan fingerprint density at radius 1 is 1.42 bits per heavy atom. The van der Waals surface area contributed by atoms with Gasteiger partial charge in [0.25, 0.3) is 0 Å². The van der Waals surface area contributed by atoms with Crippen molar-refractivity contribution in [3.63, 3.8) is 0 Å². The molecule has 0 aromatic rings. The Morgan fingerprint density at radius 2 is 2.21 bits per heavy atom. The molecule has 4 rings (SSSR count). The molecule has 2 N–H and O–H groups in total. The SMILES string of the molecule is C[C@@H]1NC[C@@H]2OC[C@H](CCC(=O)N3CCC4(CC4)[C@H](O)C3)N2C1=O. The zero-order chi connectivity index (χ0) is 16.9. The molecule has 4 fully saturated rings. The van der Waals surface area contributed by atoms with Gasteiger partial charge in [-0.1, -0.05) is 0 Å². The number of hydrogen-bond acceptors (Lipinski definition) is 5. The number of fused-ring (bicyclic) bond motifs is 1. The van der Waals surface area contributed by atoms with Gasteiger partial charge in [-0.15, -0.1) is 0 Å². The highest BCUT2D eigenvalue weighted by molar-refractivity contribution is 5.83. The van der Waals surface area contributed by atoms with Gasteiger partial charge in [-0.25, -0.2) is 0 Å². The third kappa shape index (κ3) is 2.72. The summed E-state index contributed by atoms with van der Waals surface area (Å²) in [4.78, 5) is 28.4. The molecule has 4 atom stereocenters. The summed E-state index contributed by atoms with van der Waals surface area (Å²) in [6.45, 7) is 4.24. The van der Waals surface area contributed by atoms with Gasteiger partial charge in [0, 0.05) is 26.1 Å². The molecule has 7 nitrogen and oxygen atoms in total. The Balaban J connectivity index is 1.30. The lowest BCUT2D eigenvalue weighted by atomic mass is 9.90. The van der Waals surface area contributed by atoms with E-state index in [2.05, 4.69) is 5.32 Å². The van der Waals surface area contributed by atoms with Crippen LogP contribution in [0.1, 0.15) is 39.0 Å². The number of β-amino-alcohol motifs (C(OH)–C–C–N with tert-alkyl or cyclic N) is 1. The average molecular weight is 337 g/mol. The molecule has 4 aliphatic rings. The van der Waals surface area contributed by atoms with E-state index in [-0.39, 0.29) is 41.6 Å². The third-order valence-corrected chi connectivity index (χ3v) is 6.32. The van der Waals surface area contributed by atoms with E-state index in [4.69, 9.17) is 4.74 Å². The third-order valence-electron chi connectivity index (χ3n) is 6.32. The lowest BCUT2D eigenvalue weighted by molar-refractivity contribution is -0.145. The standard InChI is InChI=1S/C17H27N3O4/c1-11-16(23)20-12(10-24-15(20)8-18-11)2-3-14(22)19-7-6-17(4-5-17)13(21)9-19/h11-13,15,18,21H,2-10H2,1H3/t11-,12-,13+,15-/m0/s1. The van der Waals surface area contributed by atoms with Gasteiger partial charge >= 0.3 is 0 Å². The summed E-state index contributed by atoms with van der Waals surface area (Å²) in [5.41, 5.74) is 0.118. The van der Waals surface area contributed by atoms with Crippen molar-refractivity contribution in [3.05, 3.63) is 0 Å². The van der Waals surface area contributed by atoms with Crippen LogP contribution < -0.4 is 5.32 Å². The van der Waals surface area contributed by atoms with Crippen LogP contribution in [0.4, 0.5) is 0 Å². The molecule has 0 aromatic carbocycles. The molecule has 0 unspecified atom stereocenters. The summed E-state index contributed by atoms with van der Waals surface area (Å²) < 4.78 is 5.70. The first-order valence-electron chi connectivity index (χ1n) is 9.13. The molecule has 7 heteroatoms. The molecular weight excluding hydrogens is 310 g/mol. The van der Waals surface area contributed by atoms with Gasteiger partial charge in [0.2, 0.25) is 11.8 Å². The summed E-state index contributed by atoms with van der Waals surface area (Å²) in [6, 6.07) is -0.200. The highest BCUT2D eigenvalue weighted by Crippen LogP contribution is 2.53. The molecule has 1 aliphatic carbocycles. The molecule has 1 spiro atoms. The fraction of sp³-hybridized carbons (Fsp3) is 0.882. The van der Waals surface area contributed by atoms with Crippen molar-refractivity contribution in [2.24, 2.45) is 5.41 Å². The molecule has 134 valence electrons. The maximum absolute atomic E-state index is 12.5. The van der Waals surface area contributed by atoms with Gasteiger partial charge in [-0.3, -0.25) is 9.59 Å². The zero-order valence-corrected chi connectivity index (χ0v) is 14.2. The Kier molecular flexibility index (Phi) is 4.05. The maximum Gasteiger partial charge on any atom is 0.241 e. The summed E-state index contributed by atoms with van der Waals surface area (Å²) in [5, 5.41) is 13.4. The van der Waals surface area contributed by atoms with E-state index in [1.54, 1.807) is 4.90 Å². The van der Waals surface area contributed by atoms with Crippen molar-refractivity contribution in [2.45, 2.75) is 63.4 Å². The van der Waals surface area contributed by atoms with E-state index in [9.17, 15) is 14.7 Å². The molecule has 0 aromatic heterocycles. The number of ether oxygens (including phenoxy) is 1. The molecule has 3 saturated heterocycles. The zero-order valence-electron chi connectivity index (χ0n) is 14.2. The van der Waals surface area contributed by atoms with Gasteiger partial charge in [0.1, 0.15) is 6.23 Å². The molecule has 24 heavy (non-hydrogen) atoms. The van der Waals surface area contributed by atoms with Gasteiger partial charge in [-0.2, -0.15) is 0 Å². The molecular formula is C17H27N3O4. The topological polar surface area (TPSA) is 82.1 Å². The van der Waals surface area contributed by atoms with Crippen LogP contribution in [0.5, 0.6) is 0 Å². The Bertz CT molecular complexity index is 536. The van der Waals surface area contributed by atoms with Crippen molar-refractivity contribution < 1.29 is 19.4 Å². The monoisotopic (exact) mass is 337 g/mol. The molecule has 2 amide bonds. The van der Waals surface area contributed by atoms with Crippen molar-refractivity contribution in [1.29, 1.82) is 0 Å². The number of aliphatic hydroxyl groups is 1. The Morgan fingerprint density at radius 3 is 2.92 bits per heavy atom. The van der Waals surface area contributed by atoms with Crippen LogP contribution in [0, 0.1) is 5.41 Å². The van der Waals surface area contributed by atoms with Crippen molar-refractivity contribution in [2.75, 3.05) is 26.2 Å². The number of carbonyl (C=O) groups excluding carboxylic acids is 2. The largest absolute Gasteiger partial charge is 0.391 e. The predicted molar refractivity (Wildman–Crippen MR) is 85.9 cm³/mol. The second kappa shape index (κ2) is 5.97. The quantitative estimate of drug-likeness (QED) is 0.738.